The molecule has 0 aliphatic carbocycles. The van der Waals surface area contributed by atoms with E-state index in [0.29, 0.717) is 13.1 Å². The van der Waals surface area contributed by atoms with Gasteiger partial charge >= 0.3 is 0 Å². The predicted molar refractivity (Wildman–Crippen MR) is 104 cm³/mol. The van der Waals surface area contributed by atoms with Crippen LogP contribution in [0, 0.1) is 0 Å². The number of aliphatic imine (C=N–C) groups is 1. The Balaban J connectivity index is 1.52. The average molecular weight is 386 g/mol. The third kappa shape index (κ3) is 4.45. The fourth-order valence-corrected chi connectivity index (χ4v) is 5.55. The van der Waals surface area contributed by atoms with E-state index in [9.17, 15) is 8.42 Å². The number of hydrogen-bond donors (Lipinski definition) is 1. The van der Waals surface area contributed by atoms with E-state index in [1.54, 1.807) is 22.7 Å². The number of nitrogens with zero attached hydrogens (tertiary/aromatic N) is 4. The molecule has 2 aliphatic heterocycles. The molecule has 140 valence electrons. The Hall–Kier alpha value is -1.32. The lowest BCUT2D eigenvalue weighted by Gasteiger charge is -2.37. The number of nitrogens with one attached hydrogen (secondary N) is 1. The first kappa shape index (κ1) is 18.5. The fourth-order valence-electron chi connectivity index (χ4n) is 3.58. The summed E-state index contributed by atoms with van der Waals surface area (Å²) in [6.45, 7) is 5.02. The van der Waals surface area contributed by atoms with Crippen molar-refractivity contribution in [2.45, 2.75) is 18.9 Å². The van der Waals surface area contributed by atoms with Crippen molar-refractivity contribution in [1.29, 1.82) is 0 Å². The third-order valence-electron chi connectivity index (χ3n) is 4.85. The maximum Gasteiger partial charge on any atom is 0.211 e. The molecule has 2 saturated heterocycles. The summed E-state index contributed by atoms with van der Waals surface area (Å²) in [6, 6.07) is 4.27. The highest BCUT2D eigenvalue weighted by molar-refractivity contribution is 7.88. The van der Waals surface area contributed by atoms with Gasteiger partial charge in [0.2, 0.25) is 10.0 Å². The van der Waals surface area contributed by atoms with E-state index in [-0.39, 0.29) is 6.04 Å². The van der Waals surface area contributed by atoms with Crippen molar-refractivity contribution in [3.8, 4) is 0 Å². The summed E-state index contributed by atoms with van der Waals surface area (Å²) < 4.78 is 25.3. The van der Waals surface area contributed by atoms with Gasteiger partial charge in [-0.25, -0.2) is 8.42 Å². The zero-order valence-corrected chi connectivity index (χ0v) is 16.5. The average Bonchev–Trinajstić information content (AvgIpc) is 3.27. The van der Waals surface area contributed by atoms with E-state index in [1.165, 1.54) is 11.3 Å². The molecule has 1 aromatic rings. The molecule has 0 aromatic carbocycles. The topological polar surface area (TPSA) is 68.2 Å². The van der Waals surface area contributed by atoms with Gasteiger partial charge in [0.25, 0.3) is 0 Å². The van der Waals surface area contributed by atoms with Gasteiger partial charge in [-0.15, -0.1) is 11.3 Å². The van der Waals surface area contributed by atoms with Crippen molar-refractivity contribution >= 4 is 32.3 Å². The Morgan fingerprint density at radius 1 is 1.32 bits per heavy atom. The molecule has 2 fully saturated rings. The van der Waals surface area contributed by atoms with Gasteiger partial charge in [-0.3, -0.25) is 4.99 Å². The van der Waals surface area contributed by atoms with E-state index in [0.717, 1.165) is 45.0 Å². The summed E-state index contributed by atoms with van der Waals surface area (Å²) in [7, 11) is -1.34. The Bertz CT molecular complexity index is 681. The molecule has 0 spiro atoms. The van der Waals surface area contributed by atoms with E-state index in [4.69, 9.17) is 0 Å². The molecule has 0 bridgehead atoms. The van der Waals surface area contributed by atoms with E-state index < -0.39 is 10.0 Å². The number of thiophene rings is 1. The third-order valence-corrected chi connectivity index (χ3v) is 7.12. The van der Waals surface area contributed by atoms with Gasteiger partial charge in [-0.2, -0.15) is 4.31 Å². The minimum atomic E-state index is -3.13. The molecule has 25 heavy (non-hydrogen) atoms. The number of hydrogen-bond acceptors (Lipinski definition) is 5. The highest BCUT2D eigenvalue weighted by Gasteiger charge is 2.31. The minimum Gasteiger partial charge on any atom is -0.360 e. The van der Waals surface area contributed by atoms with Crippen molar-refractivity contribution < 1.29 is 8.42 Å². The highest BCUT2D eigenvalue weighted by Crippen LogP contribution is 2.22. The molecule has 1 N–H and O–H groups in total. The van der Waals surface area contributed by atoms with Crippen molar-refractivity contribution in [2.24, 2.45) is 4.99 Å². The summed E-state index contributed by atoms with van der Waals surface area (Å²) in [5.41, 5.74) is 0. The van der Waals surface area contributed by atoms with Crippen LogP contribution >= 0.6 is 11.3 Å². The number of guanidine groups is 1. The molecule has 0 unspecified atom stereocenters. The van der Waals surface area contributed by atoms with Gasteiger partial charge in [0.15, 0.2) is 5.96 Å². The van der Waals surface area contributed by atoms with E-state index in [2.05, 4.69) is 37.6 Å². The van der Waals surface area contributed by atoms with Crippen LogP contribution in [0.3, 0.4) is 0 Å². The molecule has 3 rings (SSSR count). The van der Waals surface area contributed by atoms with Gasteiger partial charge in [0.05, 0.1) is 11.3 Å². The molecular weight excluding hydrogens is 358 g/mol. The zero-order valence-electron chi connectivity index (χ0n) is 14.9. The van der Waals surface area contributed by atoms with Crippen LogP contribution in [0.4, 0.5) is 5.00 Å². The quantitative estimate of drug-likeness (QED) is 0.615. The van der Waals surface area contributed by atoms with Gasteiger partial charge in [0, 0.05) is 52.4 Å². The largest absolute Gasteiger partial charge is 0.360 e. The Kier molecular flexibility index (Phi) is 5.85. The van der Waals surface area contributed by atoms with Crippen LogP contribution in [0.5, 0.6) is 0 Å². The van der Waals surface area contributed by atoms with Crippen molar-refractivity contribution in [3.05, 3.63) is 17.5 Å². The Morgan fingerprint density at radius 3 is 2.68 bits per heavy atom. The molecular formula is C16H27N5O2S2. The molecule has 9 heteroatoms. The van der Waals surface area contributed by atoms with Crippen LogP contribution in [0.1, 0.15) is 12.8 Å². The number of anilines is 1. The number of piperazine rings is 1. The first-order chi connectivity index (χ1) is 12.0. The zero-order chi connectivity index (χ0) is 17.9. The summed E-state index contributed by atoms with van der Waals surface area (Å²) in [5, 5.41) is 6.81. The summed E-state index contributed by atoms with van der Waals surface area (Å²) in [4.78, 5) is 9.05. The summed E-state index contributed by atoms with van der Waals surface area (Å²) >= 11 is 1.77. The normalized spacial score (nSPS) is 23.3. The molecule has 2 aliphatic rings. The highest BCUT2D eigenvalue weighted by atomic mass is 32.2. The molecule has 0 radical (unpaired) electrons. The second-order valence-electron chi connectivity index (χ2n) is 6.52. The van der Waals surface area contributed by atoms with Crippen molar-refractivity contribution in [1.82, 2.24) is 14.5 Å². The number of rotatable bonds is 4. The summed E-state index contributed by atoms with van der Waals surface area (Å²) in [6.07, 6.45) is 3.13. The van der Waals surface area contributed by atoms with Crippen molar-refractivity contribution in [2.75, 3.05) is 57.5 Å². The van der Waals surface area contributed by atoms with E-state index >= 15 is 0 Å². The lowest BCUT2D eigenvalue weighted by atomic mass is 10.2. The van der Waals surface area contributed by atoms with Crippen LogP contribution < -0.4 is 10.2 Å². The second-order valence-corrected chi connectivity index (χ2v) is 9.38. The smallest absolute Gasteiger partial charge is 0.211 e. The molecule has 7 nitrogen and oxygen atoms in total. The lowest BCUT2D eigenvalue weighted by Crippen LogP contribution is -2.54. The standard InChI is InChI=1S/C16H27N5O2S2/c1-17-16(18-13-14-5-3-7-21(14)25(2,22)23)20-10-8-19(9-11-20)15-6-4-12-24-15/h4,6,12,14H,3,5,7-11,13H2,1-2H3,(H,17,18)/t14-/m1/s1. The maximum atomic E-state index is 11.9. The molecule has 1 atom stereocenters. The van der Waals surface area contributed by atoms with Gasteiger partial charge in [-0.05, 0) is 30.4 Å². The van der Waals surface area contributed by atoms with Crippen molar-refractivity contribution in [3.63, 3.8) is 0 Å². The molecule has 3 heterocycles. The van der Waals surface area contributed by atoms with Gasteiger partial charge < -0.3 is 15.1 Å². The first-order valence-corrected chi connectivity index (χ1v) is 11.4. The number of sulfonamides is 1. The lowest BCUT2D eigenvalue weighted by molar-refractivity contribution is 0.356. The minimum absolute atomic E-state index is 0.0270. The summed E-state index contributed by atoms with van der Waals surface area (Å²) in [5.74, 6) is 0.867. The SMILES string of the molecule is CN=C(NC[C@H]1CCCN1S(C)(=O)=O)N1CCN(c2cccs2)CC1. The fraction of sp³-hybridized carbons (Fsp3) is 0.688. The van der Waals surface area contributed by atoms with Crippen LogP contribution in [0.2, 0.25) is 0 Å². The van der Waals surface area contributed by atoms with Crippen LogP contribution in [0.15, 0.2) is 22.5 Å². The predicted octanol–water partition coefficient (Wildman–Crippen LogP) is 0.870. The van der Waals surface area contributed by atoms with Crippen LogP contribution in [0.25, 0.3) is 0 Å². The van der Waals surface area contributed by atoms with Crippen LogP contribution in [-0.2, 0) is 10.0 Å². The Labute approximate surface area is 154 Å². The monoisotopic (exact) mass is 385 g/mol. The molecule has 0 saturated carbocycles. The molecule has 1 aromatic heterocycles. The first-order valence-electron chi connectivity index (χ1n) is 8.70. The van der Waals surface area contributed by atoms with Gasteiger partial charge in [-0.1, -0.05) is 0 Å². The second kappa shape index (κ2) is 7.92. The van der Waals surface area contributed by atoms with Crippen LogP contribution in [-0.4, -0.2) is 82.2 Å². The Morgan fingerprint density at radius 2 is 2.08 bits per heavy atom. The molecule has 0 amide bonds. The maximum absolute atomic E-state index is 11.9. The van der Waals surface area contributed by atoms with E-state index in [1.807, 2.05) is 0 Å². The van der Waals surface area contributed by atoms with Gasteiger partial charge in [0.1, 0.15) is 0 Å².